The van der Waals surface area contributed by atoms with Gasteiger partial charge in [0.05, 0.1) is 0 Å². The van der Waals surface area contributed by atoms with Crippen molar-refractivity contribution >= 4 is 23.5 Å². The van der Waals surface area contributed by atoms with Crippen LogP contribution in [-0.4, -0.2) is 38.1 Å². The number of hydrogen-bond donors (Lipinski definition) is 2. The molecule has 5 nitrogen and oxygen atoms in total. The summed E-state index contributed by atoms with van der Waals surface area (Å²) in [4.78, 5) is 22.0. The van der Waals surface area contributed by atoms with Crippen LogP contribution >= 0.6 is 11.6 Å². The zero-order valence-corrected chi connectivity index (χ0v) is 9.60. The Bertz CT molecular complexity index is 200. The lowest BCUT2D eigenvalue weighted by Gasteiger charge is -2.05. The minimum atomic E-state index is -0.470. The van der Waals surface area contributed by atoms with Gasteiger partial charge in [-0.25, -0.2) is 4.79 Å². The Morgan fingerprint density at radius 1 is 1.33 bits per heavy atom. The summed E-state index contributed by atoms with van der Waals surface area (Å²) in [5.41, 5.74) is 0. The number of ether oxygens (including phenoxy) is 1. The fourth-order valence-electron chi connectivity index (χ4n) is 0.892. The van der Waals surface area contributed by atoms with Crippen LogP contribution in [0.4, 0.5) is 4.79 Å². The van der Waals surface area contributed by atoms with Gasteiger partial charge in [-0.2, -0.15) is 0 Å². The Morgan fingerprint density at radius 3 is 2.67 bits per heavy atom. The van der Waals surface area contributed by atoms with E-state index in [1.165, 1.54) is 0 Å². The molecule has 0 spiro atoms. The summed E-state index contributed by atoms with van der Waals surface area (Å²) in [6.45, 7) is 1.21. The fraction of sp³-hybridized carbons (Fsp3) is 0.778. The molecule has 0 atom stereocenters. The normalized spacial score (nSPS) is 9.73. The topological polar surface area (TPSA) is 67.4 Å². The van der Waals surface area contributed by atoms with Crippen LogP contribution in [0.15, 0.2) is 0 Å². The molecule has 0 saturated carbocycles. The molecule has 0 fully saturated rings. The van der Waals surface area contributed by atoms with Crippen molar-refractivity contribution in [3.05, 3.63) is 0 Å². The number of hydrogen-bond acceptors (Lipinski definition) is 3. The second-order valence-corrected chi connectivity index (χ2v) is 3.32. The average Bonchev–Trinajstić information content (AvgIpc) is 2.17. The first-order chi connectivity index (χ1) is 7.20. The van der Waals surface area contributed by atoms with Crippen molar-refractivity contribution < 1.29 is 14.3 Å². The molecule has 0 aromatic heterocycles. The molecule has 0 radical (unpaired) electrons. The first-order valence-corrected chi connectivity index (χ1v) is 5.36. The van der Waals surface area contributed by atoms with Crippen LogP contribution in [-0.2, 0) is 9.53 Å². The third kappa shape index (κ3) is 9.49. The van der Waals surface area contributed by atoms with Gasteiger partial charge in [0, 0.05) is 32.6 Å². The minimum absolute atomic E-state index is 0.151. The van der Waals surface area contributed by atoms with Gasteiger partial charge in [-0.1, -0.05) is 0 Å². The maximum Gasteiger partial charge on any atom is 0.321 e. The second kappa shape index (κ2) is 9.73. The Morgan fingerprint density at radius 2 is 2.07 bits per heavy atom. The van der Waals surface area contributed by atoms with E-state index in [2.05, 4.69) is 10.6 Å². The first-order valence-electron chi connectivity index (χ1n) is 4.83. The van der Waals surface area contributed by atoms with Crippen LogP contribution in [0.2, 0.25) is 0 Å². The predicted octanol–water partition coefficient (Wildman–Crippen LogP) is 0.868. The van der Waals surface area contributed by atoms with Gasteiger partial charge in [0.15, 0.2) is 0 Å². The molecule has 6 heteroatoms. The number of nitrogens with one attached hydrogen (secondary N) is 2. The van der Waals surface area contributed by atoms with E-state index in [1.807, 2.05) is 0 Å². The fourth-order valence-corrected chi connectivity index (χ4v) is 1.06. The van der Waals surface area contributed by atoms with Crippen molar-refractivity contribution in [2.75, 3.05) is 26.1 Å². The maximum absolute atomic E-state index is 11.0. The number of methoxy groups -OCH3 is 1. The highest BCUT2D eigenvalue weighted by atomic mass is 35.5. The van der Waals surface area contributed by atoms with Crippen molar-refractivity contribution in [2.45, 2.75) is 19.3 Å². The number of urea groups is 1. The molecule has 0 aromatic rings. The molecule has 0 rings (SSSR count). The van der Waals surface area contributed by atoms with Crippen LogP contribution in [0.5, 0.6) is 0 Å². The van der Waals surface area contributed by atoms with Crippen LogP contribution < -0.4 is 10.6 Å². The molecule has 0 unspecified atom stereocenters. The quantitative estimate of drug-likeness (QED) is 0.509. The van der Waals surface area contributed by atoms with E-state index >= 15 is 0 Å². The van der Waals surface area contributed by atoms with Gasteiger partial charge in [0.25, 0.3) is 0 Å². The standard InChI is InChI=1S/C9H17ClN2O3/c1-15-7-3-2-6-11-9(14)12-8(13)4-5-10/h2-7H2,1H3,(H2,11,12,13,14). The van der Waals surface area contributed by atoms with Gasteiger partial charge in [-0.15, -0.1) is 11.6 Å². The maximum atomic E-state index is 11.0. The Kier molecular flexibility index (Phi) is 9.21. The highest BCUT2D eigenvalue weighted by Gasteiger charge is 2.05. The molecule has 0 aliphatic heterocycles. The van der Waals surface area contributed by atoms with Gasteiger partial charge < -0.3 is 10.1 Å². The van der Waals surface area contributed by atoms with Crippen molar-refractivity contribution in [1.82, 2.24) is 10.6 Å². The molecule has 15 heavy (non-hydrogen) atoms. The number of alkyl halides is 1. The molecule has 0 bridgehead atoms. The van der Waals surface area contributed by atoms with Crippen molar-refractivity contribution in [1.29, 1.82) is 0 Å². The minimum Gasteiger partial charge on any atom is -0.385 e. The van der Waals surface area contributed by atoms with Gasteiger partial charge in [0.2, 0.25) is 5.91 Å². The number of rotatable bonds is 7. The zero-order chi connectivity index (χ0) is 11.5. The lowest BCUT2D eigenvalue weighted by Crippen LogP contribution is -2.39. The lowest BCUT2D eigenvalue weighted by molar-refractivity contribution is -0.119. The number of unbranched alkanes of at least 4 members (excludes halogenated alkanes) is 1. The molecule has 0 aromatic carbocycles. The summed E-state index contributed by atoms with van der Waals surface area (Å²) >= 11 is 5.33. The molecule has 0 aliphatic rings. The summed E-state index contributed by atoms with van der Waals surface area (Å²) in [7, 11) is 1.63. The summed E-state index contributed by atoms with van der Waals surface area (Å²) in [6.07, 6.45) is 1.86. The van der Waals surface area contributed by atoms with Gasteiger partial charge >= 0.3 is 6.03 Å². The Balaban J connectivity index is 3.37. The van der Waals surface area contributed by atoms with Gasteiger partial charge in [-0.3, -0.25) is 10.1 Å². The van der Waals surface area contributed by atoms with Crippen LogP contribution in [0, 0.1) is 0 Å². The molecule has 3 amide bonds. The molecule has 88 valence electrons. The largest absolute Gasteiger partial charge is 0.385 e. The van der Waals surface area contributed by atoms with E-state index in [0.717, 1.165) is 12.8 Å². The summed E-state index contributed by atoms with van der Waals surface area (Å²) in [5.74, 6) is -0.146. The molecule has 0 aliphatic carbocycles. The number of imide groups is 1. The number of halogens is 1. The first kappa shape index (κ1) is 14.2. The predicted molar refractivity (Wildman–Crippen MR) is 58.0 cm³/mol. The van der Waals surface area contributed by atoms with E-state index < -0.39 is 6.03 Å². The van der Waals surface area contributed by atoms with Gasteiger partial charge in [-0.05, 0) is 12.8 Å². The van der Waals surface area contributed by atoms with Crippen molar-refractivity contribution in [3.63, 3.8) is 0 Å². The summed E-state index contributed by atoms with van der Waals surface area (Å²) in [6, 6.07) is -0.470. The molecular weight excluding hydrogens is 220 g/mol. The number of carbonyl (C=O) groups excluding carboxylic acids is 2. The molecular formula is C9H17ClN2O3. The Labute approximate surface area is 94.5 Å². The number of amides is 3. The third-order valence-corrected chi connectivity index (χ3v) is 1.82. The van der Waals surface area contributed by atoms with Crippen molar-refractivity contribution in [2.24, 2.45) is 0 Å². The molecule has 0 heterocycles. The highest BCUT2D eigenvalue weighted by molar-refractivity contribution is 6.19. The van der Waals surface area contributed by atoms with Crippen LogP contribution in [0.25, 0.3) is 0 Å². The monoisotopic (exact) mass is 236 g/mol. The van der Waals surface area contributed by atoms with Gasteiger partial charge in [0.1, 0.15) is 0 Å². The van der Waals surface area contributed by atoms with Crippen LogP contribution in [0.3, 0.4) is 0 Å². The zero-order valence-electron chi connectivity index (χ0n) is 8.85. The van der Waals surface area contributed by atoms with E-state index in [9.17, 15) is 9.59 Å². The van der Waals surface area contributed by atoms with Crippen molar-refractivity contribution in [3.8, 4) is 0 Å². The molecule has 2 N–H and O–H groups in total. The van der Waals surface area contributed by atoms with E-state index in [-0.39, 0.29) is 18.2 Å². The van der Waals surface area contributed by atoms with E-state index in [4.69, 9.17) is 16.3 Å². The van der Waals surface area contributed by atoms with E-state index in [1.54, 1.807) is 7.11 Å². The summed E-state index contributed by atoms with van der Waals surface area (Å²) < 4.78 is 4.85. The molecule has 0 saturated heterocycles. The second-order valence-electron chi connectivity index (χ2n) is 2.94. The summed E-state index contributed by atoms with van der Waals surface area (Å²) in [5, 5.41) is 4.73. The Hall–Kier alpha value is -0.810. The smallest absolute Gasteiger partial charge is 0.321 e. The highest BCUT2D eigenvalue weighted by Crippen LogP contribution is 1.87. The third-order valence-electron chi connectivity index (χ3n) is 1.64. The average molecular weight is 237 g/mol. The SMILES string of the molecule is COCCCCNC(=O)NC(=O)CCCl. The van der Waals surface area contributed by atoms with E-state index in [0.29, 0.717) is 13.2 Å². The lowest BCUT2D eigenvalue weighted by atomic mass is 10.3. The van der Waals surface area contributed by atoms with Crippen LogP contribution in [0.1, 0.15) is 19.3 Å². The number of carbonyl (C=O) groups is 2.